The van der Waals surface area contributed by atoms with Crippen LogP contribution in [-0.4, -0.2) is 42.6 Å². The summed E-state index contributed by atoms with van der Waals surface area (Å²) in [4.78, 5) is 26.4. The first-order chi connectivity index (χ1) is 10.8. The lowest BCUT2D eigenvalue weighted by atomic mass is 9.98. The number of nitrogens with one attached hydrogen (secondary N) is 2. The van der Waals surface area contributed by atoms with Gasteiger partial charge in [-0.15, -0.1) is 11.3 Å². The fraction of sp³-hybridized carbons (Fsp3) is 0.571. The van der Waals surface area contributed by atoms with Gasteiger partial charge in [-0.3, -0.25) is 15.0 Å². The summed E-state index contributed by atoms with van der Waals surface area (Å²) in [5.41, 5.74) is 1.19. The molecular weight excluding hydrogens is 331 g/mol. The molecule has 2 heterocycles. The zero-order valence-corrected chi connectivity index (χ0v) is 13.4. The first-order valence-corrected chi connectivity index (χ1v) is 8.13. The molecule has 5 nitrogen and oxygen atoms in total. The van der Waals surface area contributed by atoms with Crippen LogP contribution < -0.4 is 10.6 Å². The smallest absolute Gasteiger partial charge is 0.329 e. The molecule has 128 valence electrons. The molecule has 1 aromatic heterocycles. The highest BCUT2D eigenvalue weighted by atomic mass is 32.1. The van der Waals surface area contributed by atoms with Gasteiger partial charge >= 0.3 is 12.2 Å². The molecule has 0 fully saturated rings. The Morgan fingerprint density at radius 1 is 1.43 bits per heavy atom. The van der Waals surface area contributed by atoms with Crippen molar-refractivity contribution in [3.05, 3.63) is 21.9 Å². The van der Waals surface area contributed by atoms with E-state index in [0.717, 1.165) is 12.8 Å². The summed E-state index contributed by atoms with van der Waals surface area (Å²) in [6.45, 7) is 1.21. The largest absolute Gasteiger partial charge is 0.405 e. The topological polar surface area (TPSA) is 61.4 Å². The Morgan fingerprint density at radius 3 is 2.83 bits per heavy atom. The Hall–Kier alpha value is -1.61. The summed E-state index contributed by atoms with van der Waals surface area (Å²) < 4.78 is 36.0. The van der Waals surface area contributed by atoms with E-state index in [1.165, 1.54) is 10.4 Å². The third-order valence-electron chi connectivity index (χ3n) is 3.64. The molecule has 9 heteroatoms. The molecule has 0 aliphatic carbocycles. The van der Waals surface area contributed by atoms with Gasteiger partial charge in [0.15, 0.2) is 0 Å². The Bertz CT molecular complexity index is 574. The van der Waals surface area contributed by atoms with Gasteiger partial charge in [0.2, 0.25) is 5.91 Å². The quantitative estimate of drug-likeness (QED) is 0.878. The maximum atomic E-state index is 12.0. The maximum Gasteiger partial charge on any atom is 0.405 e. The third kappa shape index (κ3) is 4.93. The maximum absolute atomic E-state index is 12.0. The molecule has 0 saturated heterocycles. The highest BCUT2D eigenvalue weighted by molar-refractivity contribution is 7.10. The number of rotatable bonds is 4. The summed E-state index contributed by atoms with van der Waals surface area (Å²) in [7, 11) is 0. The highest BCUT2D eigenvalue weighted by Crippen LogP contribution is 2.34. The summed E-state index contributed by atoms with van der Waals surface area (Å²) in [6, 6.07) is 0.997. The third-order valence-corrected chi connectivity index (χ3v) is 4.64. The minimum atomic E-state index is -4.50. The van der Waals surface area contributed by atoms with Gasteiger partial charge in [-0.2, -0.15) is 13.2 Å². The average molecular weight is 349 g/mol. The zero-order chi connectivity index (χ0) is 17.0. The van der Waals surface area contributed by atoms with Crippen molar-refractivity contribution in [2.45, 2.75) is 32.0 Å². The Kier molecular flexibility index (Phi) is 5.64. The van der Waals surface area contributed by atoms with E-state index in [0.29, 0.717) is 6.54 Å². The standard InChI is InChI=1S/C14H18F3N3O2S/c1-2-10-9-4-6-23-11(9)3-5-20(10)7-12(21)19-13(22)18-8-14(15,16)17/h4,6,10H,2-3,5,7-8H2,1H3,(H2,18,19,21,22)/t10-/m0/s1. The van der Waals surface area contributed by atoms with Crippen LogP contribution in [0, 0.1) is 0 Å². The van der Waals surface area contributed by atoms with E-state index in [9.17, 15) is 22.8 Å². The first kappa shape index (κ1) is 17.7. The number of hydrogen-bond donors (Lipinski definition) is 2. The summed E-state index contributed by atoms with van der Waals surface area (Å²) in [5, 5.41) is 5.56. The highest BCUT2D eigenvalue weighted by Gasteiger charge is 2.30. The number of hydrogen-bond acceptors (Lipinski definition) is 4. The predicted molar refractivity (Wildman–Crippen MR) is 80.2 cm³/mol. The van der Waals surface area contributed by atoms with Crippen LogP contribution in [-0.2, 0) is 11.2 Å². The van der Waals surface area contributed by atoms with Crippen LogP contribution in [0.25, 0.3) is 0 Å². The lowest BCUT2D eigenvalue weighted by Gasteiger charge is -2.34. The van der Waals surface area contributed by atoms with Gasteiger partial charge in [0, 0.05) is 17.5 Å². The molecule has 2 N–H and O–H groups in total. The van der Waals surface area contributed by atoms with Gasteiger partial charge in [-0.05, 0) is 29.9 Å². The van der Waals surface area contributed by atoms with Crippen LogP contribution >= 0.6 is 11.3 Å². The monoisotopic (exact) mass is 349 g/mol. The normalized spacial score (nSPS) is 18.3. The van der Waals surface area contributed by atoms with Crippen molar-refractivity contribution in [2.24, 2.45) is 0 Å². The van der Waals surface area contributed by atoms with E-state index in [1.807, 2.05) is 28.6 Å². The summed E-state index contributed by atoms with van der Waals surface area (Å²) >= 11 is 1.69. The number of alkyl halides is 3. The zero-order valence-electron chi connectivity index (χ0n) is 12.6. The van der Waals surface area contributed by atoms with Crippen molar-refractivity contribution >= 4 is 23.3 Å². The van der Waals surface area contributed by atoms with Crippen LogP contribution in [0.3, 0.4) is 0 Å². The van der Waals surface area contributed by atoms with Gasteiger partial charge in [-0.1, -0.05) is 6.92 Å². The van der Waals surface area contributed by atoms with E-state index in [2.05, 4.69) is 0 Å². The van der Waals surface area contributed by atoms with E-state index < -0.39 is 24.7 Å². The second kappa shape index (κ2) is 7.31. The summed E-state index contributed by atoms with van der Waals surface area (Å²) in [5.74, 6) is -0.609. The number of urea groups is 1. The van der Waals surface area contributed by atoms with E-state index in [4.69, 9.17) is 0 Å². The fourth-order valence-electron chi connectivity index (χ4n) is 2.69. The summed E-state index contributed by atoms with van der Waals surface area (Å²) in [6.07, 6.45) is -2.86. The molecule has 0 spiro atoms. The first-order valence-electron chi connectivity index (χ1n) is 7.25. The molecule has 1 aromatic rings. The van der Waals surface area contributed by atoms with E-state index in [-0.39, 0.29) is 12.6 Å². The fourth-order valence-corrected chi connectivity index (χ4v) is 3.62. The molecule has 0 saturated carbocycles. The van der Waals surface area contributed by atoms with Crippen LogP contribution in [0.2, 0.25) is 0 Å². The van der Waals surface area contributed by atoms with Crippen molar-refractivity contribution in [1.29, 1.82) is 0 Å². The minimum Gasteiger partial charge on any atom is -0.329 e. The van der Waals surface area contributed by atoms with Crippen molar-refractivity contribution in [3.63, 3.8) is 0 Å². The molecule has 1 aliphatic rings. The Morgan fingerprint density at radius 2 is 2.17 bits per heavy atom. The van der Waals surface area contributed by atoms with Crippen LogP contribution in [0.1, 0.15) is 29.8 Å². The lowest BCUT2D eigenvalue weighted by Crippen LogP contribution is -2.48. The van der Waals surface area contributed by atoms with E-state index >= 15 is 0 Å². The molecule has 1 atom stereocenters. The van der Waals surface area contributed by atoms with Crippen molar-refractivity contribution < 1.29 is 22.8 Å². The number of nitrogens with zero attached hydrogens (tertiary/aromatic N) is 1. The number of thiophene rings is 1. The van der Waals surface area contributed by atoms with Gasteiger partial charge in [0.1, 0.15) is 6.54 Å². The minimum absolute atomic E-state index is 0.0206. The average Bonchev–Trinajstić information content (AvgIpc) is 2.92. The van der Waals surface area contributed by atoms with Gasteiger partial charge in [0.05, 0.1) is 6.54 Å². The van der Waals surface area contributed by atoms with Crippen molar-refractivity contribution in [3.8, 4) is 0 Å². The van der Waals surface area contributed by atoms with Crippen LogP contribution in [0.5, 0.6) is 0 Å². The second-order valence-corrected chi connectivity index (χ2v) is 6.29. The molecule has 23 heavy (non-hydrogen) atoms. The van der Waals surface area contributed by atoms with E-state index in [1.54, 1.807) is 16.7 Å². The molecular formula is C14H18F3N3O2S. The number of carbonyl (C=O) groups is 2. The van der Waals surface area contributed by atoms with Gasteiger partial charge < -0.3 is 5.32 Å². The number of carbonyl (C=O) groups excluding carboxylic acids is 2. The number of amides is 3. The molecule has 2 rings (SSSR count). The molecule has 3 amide bonds. The lowest BCUT2D eigenvalue weighted by molar-refractivity contribution is -0.125. The SMILES string of the molecule is CC[C@H]1c2ccsc2CCN1CC(=O)NC(=O)NCC(F)(F)F. The van der Waals surface area contributed by atoms with Crippen LogP contribution in [0.15, 0.2) is 11.4 Å². The predicted octanol–water partition coefficient (Wildman–Crippen LogP) is 2.45. The Labute approximate surface area is 135 Å². The van der Waals surface area contributed by atoms with Gasteiger partial charge in [-0.25, -0.2) is 4.79 Å². The second-order valence-electron chi connectivity index (χ2n) is 5.29. The van der Waals surface area contributed by atoms with Crippen molar-refractivity contribution in [1.82, 2.24) is 15.5 Å². The Balaban J connectivity index is 1.87. The molecule has 0 bridgehead atoms. The molecule has 0 radical (unpaired) electrons. The number of imide groups is 1. The van der Waals surface area contributed by atoms with Gasteiger partial charge in [0.25, 0.3) is 0 Å². The molecule has 1 aliphatic heterocycles. The molecule has 0 unspecified atom stereocenters. The number of halogens is 3. The molecule has 0 aromatic carbocycles. The number of fused-ring (bicyclic) bond motifs is 1. The van der Waals surface area contributed by atoms with Crippen molar-refractivity contribution in [2.75, 3.05) is 19.6 Å². The van der Waals surface area contributed by atoms with Crippen LogP contribution in [0.4, 0.5) is 18.0 Å².